The number of benzene rings is 1. The number of rotatable bonds is 3. The van der Waals surface area contributed by atoms with Gasteiger partial charge in [-0.3, -0.25) is 4.68 Å². The summed E-state index contributed by atoms with van der Waals surface area (Å²) in [6, 6.07) is 3.40. The fourth-order valence-electron chi connectivity index (χ4n) is 2.19. The predicted molar refractivity (Wildman–Crippen MR) is 69.7 cm³/mol. The lowest BCUT2D eigenvalue weighted by Gasteiger charge is -2.13. The molecule has 1 aromatic heterocycles. The minimum atomic E-state index is -0.868. The molecule has 2 N–H and O–H groups in total. The van der Waals surface area contributed by atoms with Gasteiger partial charge in [0.15, 0.2) is 11.6 Å². The van der Waals surface area contributed by atoms with E-state index in [9.17, 15) is 8.78 Å². The van der Waals surface area contributed by atoms with Gasteiger partial charge in [-0.2, -0.15) is 5.10 Å². The molecule has 0 saturated carbocycles. The van der Waals surface area contributed by atoms with Gasteiger partial charge in [0, 0.05) is 18.8 Å². The molecule has 2 aromatic rings. The van der Waals surface area contributed by atoms with Gasteiger partial charge in [-0.1, -0.05) is 6.07 Å². The monoisotopic (exact) mass is 265 g/mol. The third kappa shape index (κ3) is 2.66. The summed E-state index contributed by atoms with van der Waals surface area (Å²) in [6.45, 7) is 3.88. The zero-order chi connectivity index (χ0) is 14.2. The van der Waals surface area contributed by atoms with E-state index in [0.717, 1.165) is 29.1 Å². The van der Waals surface area contributed by atoms with E-state index in [1.165, 1.54) is 6.07 Å². The fraction of sp³-hybridized carbons (Fsp3) is 0.357. The first-order chi connectivity index (χ1) is 8.90. The van der Waals surface area contributed by atoms with E-state index in [2.05, 4.69) is 5.10 Å². The van der Waals surface area contributed by atoms with Crippen molar-refractivity contribution in [2.45, 2.75) is 26.3 Å². The van der Waals surface area contributed by atoms with Gasteiger partial charge in [0.1, 0.15) is 0 Å². The molecular formula is C14H17F2N3. The summed E-state index contributed by atoms with van der Waals surface area (Å²) in [6.07, 6.45) is 0.552. The Labute approximate surface area is 111 Å². The normalized spacial score (nSPS) is 12.7. The van der Waals surface area contributed by atoms with E-state index in [1.807, 2.05) is 20.9 Å². The summed E-state index contributed by atoms with van der Waals surface area (Å²) >= 11 is 0. The summed E-state index contributed by atoms with van der Waals surface area (Å²) in [5, 5.41) is 4.32. The summed E-state index contributed by atoms with van der Waals surface area (Å²) in [5.41, 5.74) is 9.66. The molecule has 1 aromatic carbocycles. The summed E-state index contributed by atoms with van der Waals surface area (Å²) in [7, 11) is 1.87. The number of aryl methyl sites for hydroxylation is 2. The fourth-order valence-corrected chi connectivity index (χ4v) is 2.19. The standard InChI is InChI=1S/C14H17F2N3/c1-8-11(9(2)19(3)18-8)7-14(17)10-4-5-12(15)13(16)6-10/h4-6,14H,7,17H2,1-3H3. The third-order valence-electron chi connectivity index (χ3n) is 3.45. The van der Waals surface area contributed by atoms with Gasteiger partial charge in [-0.25, -0.2) is 8.78 Å². The quantitative estimate of drug-likeness (QED) is 0.927. The molecule has 19 heavy (non-hydrogen) atoms. The van der Waals surface area contributed by atoms with E-state index in [1.54, 1.807) is 4.68 Å². The topological polar surface area (TPSA) is 43.8 Å². The second-order valence-electron chi connectivity index (χ2n) is 4.76. The zero-order valence-corrected chi connectivity index (χ0v) is 11.2. The average molecular weight is 265 g/mol. The minimum Gasteiger partial charge on any atom is -0.324 e. The minimum absolute atomic E-state index is 0.378. The molecule has 0 saturated heterocycles. The third-order valence-corrected chi connectivity index (χ3v) is 3.45. The lowest BCUT2D eigenvalue weighted by Crippen LogP contribution is -2.14. The molecule has 3 nitrogen and oxygen atoms in total. The van der Waals surface area contributed by atoms with Crippen molar-refractivity contribution in [3.63, 3.8) is 0 Å². The van der Waals surface area contributed by atoms with Crippen LogP contribution in [-0.2, 0) is 13.5 Å². The Balaban J connectivity index is 2.25. The van der Waals surface area contributed by atoms with Gasteiger partial charge in [-0.15, -0.1) is 0 Å². The molecule has 1 atom stereocenters. The summed E-state index contributed by atoms with van der Waals surface area (Å²) < 4.78 is 27.9. The van der Waals surface area contributed by atoms with Crippen LogP contribution < -0.4 is 5.73 Å². The highest BCUT2D eigenvalue weighted by atomic mass is 19.2. The number of hydrogen-bond acceptors (Lipinski definition) is 2. The molecule has 0 radical (unpaired) electrons. The SMILES string of the molecule is Cc1nn(C)c(C)c1CC(N)c1ccc(F)c(F)c1. The molecule has 5 heteroatoms. The van der Waals surface area contributed by atoms with Crippen molar-refractivity contribution in [3.05, 3.63) is 52.3 Å². The van der Waals surface area contributed by atoms with E-state index in [0.29, 0.717) is 12.0 Å². The average Bonchev–Trinajstić information content (AvgIpc) is 2.59. The maximum absolute atomic E-state index is 13.2. The number of hydrogen-bond donors (Lipinski definition) is 1. The molecule has 1 heterocycles. The first-order valence-electron chi connectivity index (χ1n) is 6.09. The molecule has 0 spiro atoms. The van der Waals surface area contributed by atoms with Crippen molar-refractivity contribution in [3.8, 4) is 0 Å². The molecule has 0 aliphatic heterocycles. The van der Waals surface area contributed by atoms with Crippen LogP contribution in [0.1, 0.15) is 28.6 Å². The van der Waals surface area contributed by atoms with Crippen LogP contribution in [0.3, 0.4) is 0 Å². The zero-order valence-electron chi connectivity index (χ0n) is 11.2. The van der Waals surface area contributed by atoms with Crippen molar-refractivity contribution in [2.24, 2.45) is 12.8 Å². The van der Waals surface area contributed by atoms with Crippen LogP contribution in [0.4, 0.5) is 8.78 Å². The van der Waals surface area contributed by atoms with Gasteiger partial charge >= 0.3 is 0 Å². The van der Waals surface area contributed by atoms with Gasteiger partial charge < -0.3 is 5.73 Å². The largest absolute Gasteiger partial charge is 0.324 e. The molecular weight excluding hydrogens is 248 g/mol. The maximum atomic E-state index is 13.2. The van der Waals surface area contributed by atoms with Crippen LogP contribution in [0.15, 0.2) is 18.2 Å². The Hall–Kier alpha value is -1.75. The van der Waals surface area contributed by atoms with Crippen LogP contribution in [0.25, 0.3) is 0 Å². The Bertz CT molecular complexity index is 605. The van der Waals surface area contributed by atoms with Crippen LogP contribution in [0.5, 0.6) is 0 Å². The molecule has 0 fully saturated rings. The van der Waals surface area contributed by atoms with E-state index in [4.69, 9.17) is 5.73 Å². The molecule has 1 unspecified atom stereocenters. The first kappa shape index (κ1) is 13.7. The highest BCUT2D eigenvalue weighted by Gasteiger charge is 2.15. The molecule has 0 bridgehead atoms. The maximum Gasteiger partial charge on any atom is 0.159 e. The lowest BCUT2D eigenvalue weighted by molar-refractivity contribution is 0.505. The van der Waals surface area contributed by atoms with Gasteiger partial charge in [0.25, 0.3) is 0 Å². The van der Waals surface area contributed by atoms with Crippen LogP contribution in [0, 0.1) is 25.5 Å². The van der Waals surface area contributed by atoms with Crippen LogP contribution in [0.2, 0.25) is 0 Å². The number of nitrogens with zero attached hydrogens (tertiary/aromatic N) is 2. The second kappa shape index (κ2) is 5.09. The van der Waals surface area contributed by atoms with E-state index in [-0.39, 0.29) is 6.04 Å². The lowest BCUT2D eigenvalue weighted by atomic mass is 9.98. The van der Waals surface area contributed by atoms with Crippen molar-refractivity contribution in [1.29, 1.82) is 0 Å². The number of aromatic nitrogens is 2. The number of halogens is 2. The van der Waals surface area contributed by atoms with Gasteiger partial charge in [0.05, 0.1) is 5.69 Å². The smallest absolute Gasteiger partial charge is 0.159 e. The van der Waals surface area contributed by atoms with Crippen molar-refractivity contribution in [1.82, 2.24) is 9.78 Å². The Kier molecular flexibility index (Phi) is 3.66. The number of nitrogens with two attached hydrogens (primary N) is 1. The Morgan fingerprint density at radius 3 is 2.47 bits per heavy atom. The highest BCUT2D eigenvalue weighted by Crippen LogP contribution is 2.22. The van der Waals surface area contributed by atoms with Crippen molar-refractivity contribution >= 4 is 0 Å². The van der Waals surface area contributed by atoms with E-state index >= 15 is 0 Å². The van der Waals surface area contributed by atoms with E-state index < -0.39 is 11.6 Å². The first-order valence-corrected chi connectivity index (χ1v) is 6.09. The van der Waals surface area contributed by atoms with Gasteiger partial charge in [0.2, 0.25) is 0 Å². The van der Waals surface area contributed by atoms with Crippen LogP contribution in [-0.4, -0.2) is 9.78 Å². The Morgan fingerprint density at radius 2 is 1.95 bits per heavy atom. The van der Waals surface area contributed by atoms with Gasteiger partial charge in [-0.05, 0) is 43.5 Å². The Morgan fingerprint density at radius 1 is 1.26 bits per heavy atom. The molecule has 0 aliphatic carbocycles. The molecule has 102 valence electrons. The summed E-state index contributed by atoms with van der Waals surface area (Å²) in [5.74, 6) is -1.72. The predicted octanol–water partition coefficient (Wildman–Crippen LogP) is 2.56. The second-order valence-corrected chi connectivity index (χ2v) is 4.76. The molecule has 0 amide bonds. The van der Waals surface area contributed by atoms with Crippen molar-refractivity contribution < 1.29 is 8.78 Å². The highest BCUT2D eigenvalue weighted by molar-refractivity contribution is 5.29. The van der Waals surface area contributed by atoms with Crippen LogP contribution >= 0.6 is 0 Å². The summed E-state index contributed by atoms with van der Waals surface area (Å²) in [4.78, 5) is 0. The molecule has 2 rings (SSSR count). The molecule has 0 aliphatic rings. The van der Waals surface area contributed by atoms with Crippen molar-refractivity contribution in [2.75, 3.05) is 0 Å².